The quantitative estimate of drug-likeness (QED) is 0.682. The zero-order chi connectivity index (χ0) is 22.2. The molecule has 3 rings (SSSR count). The highest BCUT2D eigenvalue weighted by atomic mass is 19.1. The Balaban J connectivity index is 1.72. The molecule has 2 aromatic carbocycles. The fourth-order valence-electron chi connectivity index (χ4n) is 3.91. The van der Waals surface area contributed by atoms with Gasteiger partial charge in [0.2, 0.25) is 5.91 Å². The van der Waals surface area contributed by atoms with Crippen LogP contribution in [-0.2, 0) is 16.1 Å². The molecule has 6 heteroatoms. The molecule has 0 spiro atoms. The monoisotopic (exact) mass is 426 g/mol. The number of para-hydroxylation sites is 1. The number of carbonyl (C=O) groups excluding carboxylic acids is 2. The van der Waals surface area contributed by atoms with Crippen molar-refractivity contribution in [2.75, 3.05) is 6.61 Å². The van der Waals surface area contributed by atoms with E-state index in [9.17, 15) is 14.0 Å². The molecule has 0 bridgehead atoms. The van der Waals surface area contributed by atoms with Crippen LogP contribution in [-0.4, -0.2) is 35.4 Å². The van der Waals surface area contributed by atoms with Gasteiger partial charge >= 0.3 is 0 Å². The number of aryl methyl sites for hydroxylation is 1. The number of nitrogens with one attached hydrogen (secondary N) is 1. The van der Waals surface area contributed by atoms with Gasteiger partial charge in [0, 0.05) is 12.6 Å². The van der Waals surface area contributed by atoms with Crippen LogP contribution in [0.25, 0.3) is 0 Å². The summed E-state index contributed by atoms with van der Waals surface area (Å²) in [5.74, 6) is -1.03. The molecular weight excluding hydrogens is 395 g/mol. The molecule has 2 aromatic rings. The van der Waals surface area contributed by atoms with E-state index in [1.165, 1.54) is 23.5 Å². The third kappa shape index (κ3) is 6.29. The molecular formula is C25H31FN2O3. The molecule has 1 N–H and O–H groups in total. The van der Waals surface area contributed by atoms with Crippen LogP contribution in [0.5, 0.6) is 5.75 Å². The highest BCUT2D eigenvalue weighted by Gasteiger charge is 2.28. The first kappa shape index (κ1) is 22.8. The zero-order valence-electron chi connectivity index (χ0n) is 18.3. The summed E-state index contributed by atoms with van der Waals surface area (Å²) in [4.78, 5) is 27.6. The minimum absolute atomic E-state index is 0.0194. The van der Waals surface area contributed by atoms with Gasteiger partial charge in [-0.1, -0.05) is 55.7 Å². The van der Waals surface area contributed by atoms with Crippen LogP contribution in [0.15, 0.2) is 48.5 Å². The second-order valence-corrected chi connectivity index (χ2v) is 8.19. The number of hydrogen-bond acceptors (Lipinski definition) is 3. The third-order valence-corrected chi connectivity index (χ3v) is 5.91. The van der Waals surface area contributed by atoms with Crippen molar-refractivity contribution in [3.8, 4) is 5.75 Å². The Bertz CT molecular complexity index is 896. The molecule has 0 aliphatic heterocycles. The smallest absolute Gasteiger partial charge is 0.261 e. The van der Waals surface area contributed by atoms with E-state index in [0.717, 1.165) is 36.8 Å². The van der Waals surface area contributed by atoms with E-state index >= 15 is 0 Å². The fraction of sp³-hybridized carbons (Fsp3) is 0.440. The average Bonchev–Trinajstić information content (AvgIpc) is 2.78. The van der Waals surface area contributed by atoms with E-state index in [4.69, 9.17) is 4.74 Å². The van der Waals surface area contributed by atoms with Crippen LogP contribution in [0.3, 0.4) is 0 Å². The van der Waals surface area contributed by atoms with Crippen molar-refractivity contribution in [1.82, 2.24) is 10.2 Å². The SMILES string of the molecule is Cc1ccccc1CN(C(=O)COc1ccccc1F)[C@@H](C)C(=O)NC1CCCCC1. The number of halogens is 1. The minimum atomic E-state index is -0.668. The Morgan fingerprint density at radius 1 is 1.10 bits per heavy atom. The zero-order valence-corrected chi connectivity index (χ0v) is 18.3. The van der Waals surface area contributed by atoms with Crippen molar-refractivity contribution >= 4 is 11.8 Å². The maximum absolute atomic E-state index is 13.9. The Labute approximate surface area is 183 Å². The van der Waals surface area contributed by atoms with Crippen LogP contribution in [0.1, 0.15) is 50.2 Å². The topological polar surface area (TPSA) is 58.6 Å². The van der Waals surface area contributed by atoms with Crippen LogP contribution in [0.2, 0.25) is 0 Å². The van der Waals surface area contributed by atoms with Gasteiger partial charge in [0.15, 0.2) is 18.2 Å². The molecule has 5 nitrogen and oxygen atoms in total. The lowest BCUT2D eigenvalue weighted by Crippen LogP contribution is -2.51. The van der Waals surface area contributed by atoms with E-state index in [-0.39, 0.29) is 36.8 Å². The average molecular weight is 427 g/mol. The van der Waals surface area contributed by atoms with Gasteiger partial charge < -0.3 is 15.0 Å². The molecule has 1 atom stereocenters. The fourth-order valence-corrected chi connectivity index (χ4v) is 3.91. The van der Waals surface area contributed by atoms with Gasteiger partial charge in [0.1, 0.15) is 6.04 Å². The normalized spacial score (nSPS) is 15.2. The summed E-state index contributed by atoms with van der Waals surface area (Å²) >= 11 is 0. The second kappa shape index (κ2) is 10.9. The molecule has 0 radical (unpaired) electrons. The molecule has 1 saturated carbocycles. The van der Waals surface area contributed by atoms with E-state index in [1.54, 1.807) is 19.1 Å². The number of rotatable bonds is 8. The standard InChI is InChI=1S/C25H31FN2O3/c1-18-10-6-7-11-20(18)16-28(19(2)25(30)27-21-12-4-3-5-13-21)24(29)17-31-23-15-9-8-14-22(23)26/h6-11,14-15,19,21H,3-5,12-13,16-17H2,1-2H3,(H,27,30)/t19-/m0/s1. The first-order valence-corrected chi connectivity index (χ1v) is 11.0. The lowest BCUT2D eigenvalue weighted by Gasteiger charge is -2.31. The molecule has 166 valence electrons. The number of carbonyl (C=O) groups is 2. The van der Waals surface area contributed by atoms with Gasteiger partial charge in [0.05, 0.1) is 0 Å². The van der Waals surface area contributed by atoms with Crippen molar-refractivity contribution in [2.45, 2.75) is 64.6 Å². The summed E-state index contributed by atoms with van der Waals surface area (Å²) in [5, 5.41) is 3.10. The molecule has 1 aliphatic rings. The molecule has 2 amide bonds. The first-order valence-electron chi connectivity index (χ1n) is 11.0. The predicted molar refractivity (Wildman–Crippen MR) is 118 cm³/mol. The number of amides is 2. The largest absolute Gasteiger partial charge is 0.481 e. The molecule has 0 unspecified atom stereocenters. The molecule has 0 heterocycles. The van der Waals surface area contributed by atoms with Crippen LogP contribution in [0.4, 0.5) is 4.39 Å². The molecule has 31 heavy (non-hydrogen) atoms. The van der Waals surface area contributed by atoms with Gasteiger partial charge in [-0.05, 0) is 49.9 Å². The first-order chi connectivity index (χ1) is 15.0. The Hall–Kier alpha value is -2.89. The molecule has 1 fully saturated rings. The van der Waals surface area contributed by atoms with Crippen molar-refractivity contribution in [3.63, 3.8) is 0 Å². The number of benzene rings is 2. The van der Waals surface area contributed by atoms with Crippen molar-refractivity contribution in [1.29, 1.82) is 0 Å². The van der Waals surface area contributed by atoms with Crippen molar-refractivity contribution in [3.05, 3.63) is 65.5 Å². The molecule has 0 aromatic heterocycles. The maximum atomic E-state index is 13.9. The summed E-state index contributed by atoms with van der Waals surface area (Å²) in [6.07, 6.45) is 5.37. The van der Waals surface area contributed by atoms with E-state index in [1.807, 2.05) is 31.2 Å². The Morgan fingerprint density at radius 2 is 1.77 bits per heavy atom. The maximum Gasteiger partial charge on any atom is 0.261 e. The lowest BCUT2D eigenvalue weighted by molar-refractivity contribution is -0.142. The lowest BCUT2D eigenvalue weighted by atomic mass is 9.95. The molecule has 0 saturated heterocycles. The van der Waals surface area contributed by atoms with Crippen LogP contribution >= 0.6 is 0 Å². The van der Waals surface area contributed by atoms with Gasteiger partial charge in [-0.15, -0.1) is 0 Å². The summed E-state index contributed by atoms with van der Waals surface area (Å²) in [6, 6.07) is 13.2. The number of nitrogens with zero attached hydrogens (tertiary/aromatic N) is 1. The highest BCUT2D eigenvalue weighted by Crippen LogP contribution is 2.19. The predicted octanol–water partition coefficient (Wildman–Crippen LogP) is 4.38. The molecule has 1 aliphatic carbocycles. The van der Waals surface area contributed by atoms with Gasteiger partial charge in [-0.2, -0.15) is 0 Å². The van der Waals surface area contributed by atoms with Gasteiger partial charge in [0.25, 0.3) is 5.91 Å². The Morgan fingerprint density at radius 3 is 2.48 bits per heavy atom. The Kier molecular flexibility index (Phi) is 8.04. The summed E-state index contributed by atoms with van der Waals surface area (Å²) in [6.45, 7) is 3.65. The van der Waals surface area contributed by atoms with Crippen molar-refractivity contribution in [2.24, 2.45) is 0 Å². The summed E-state index contributed by atoms with van der Waals surface area (Å²) in [7, 11) is 0. The van der Waals surface area contributed by atoms with E-state index < -0.39 is 11.9 Å². The van der Waals surface area contributed by atoms with Gasteiger partial charge in [-0.3, -0.25) is 9.59 Å². The highest BCUT2D eigenvalue weighted by molar-refractivity contribution is 5.88. The van der Waals surface area contributed by atoms with Gasteiger partial charge in [-0.25, -0.2) is 4.39 Å². The third-order valence-electron chi connectivity index (χ3n) is 5.91. The summed E-state index contributed by atoms with van der Waals surface area (Å²) < 4.78 is 19.3. The number of ether oxygens (including phenoxy) is 1. The van der Waals surface area contributed by atoms with E-state index in [0.29, 0.717) is 0 Å². The second-order valence-electron chi connectivity index (χ2n) is 8.19. The minimum Gasteiger partial charge on any atom is -0.481 e. The van der Waals surface area contributed by atoms with E-state index in [2.05, 4.69) is 5.32 Å². The van der Waals surface area contributed by atoms with Crippen molar-refractivity contribution < 1.29 is 18.7 Å². The van der Waals surface area contributed by atoms with Crippen LogP contribution < -0.4 is 10.1 Å². The number of hydrogen-bond donors (Lipinski definition) is 1. The summed E-state index contributed by atoms with van der Waals surface area (Å²) in [5.41, 5.74) is 1.99. The van der Waals surface area contributed by atoms with Crippen LogP contribution in [0, 0.1) is 12.7 Å².